The van der Waals surface area contributed by atoms with E-state index in [4.69, 9.17) is 0 Å². The van der Waals surface area contributed by atoms with Gasteiger partial charge in [-0.15, -0.1) is 0 Å². The molecule has 154 valence electrons. The van der Waals surface area contributed by atoms with Crippen LogP contribution in [0.5, 0.6) is 0 Å². The Morgan fingerprint density at radius 2 is 1.80 bits per heavy atom. The van der Waals surface area contributed by atoms with Crippen LogP contribution in [0.1, 0.15) is 34.6 Å². The number of aromatic nitrogens is 1. The van der Waals surface area contributed by atoms with Gasteiger partial charge in [-0.25, -0.2) is 0 Å². The van der Waals surface area contributed by atoms with Crippen molar-refractivity contribution >= 4 is 40.0 Å². The summed E-state index contributed by atoms with van der Waals surface area (Å²) in [5.74, 6) is -0.996. The molecule has 0 bridgehead atoms. The lowest BCUT2D eigenvalue weighted by Gasteiger charge is -2.15. The van der Waals surface area contributed by atoms with Crippen LogP contribution in [0, 0.1) is 10.1 Å². The molecule has 0 unspecified atom stereocenters. The van der Waals surface area contributed by atoms with Crippen LogP contribution in [0.15, 0.2) is 58.6 Å². The molecule has 3 rings (SSSR count). The van der Waals surface area contributed by atoms with Crippen LogP contribution in [0.4, 0.5) is 5.69 Å². The van der Waals surface area contributed by atoms with E-state index < -0.39 is 16.7 Å². The van der Waals surface area contributed by atoms with Gasteiger partial charge in [0, 0.05) is 41.8 Å². The minimum absolute atomic E-state index is 0.00643. The number of hydrogen-bond acceptors (Lipinski definition) is 6. The lowest BCUT2D eigenvalue weighted by molar-refractivity contribution is -0.387. The molecule has 2 aromatic carbocycles. The van der Waals surface area contributed by atoms with Gasteiger partial charge in [-0.1, -0.05) is 23.9 Å². The summed E-state index contributed by atoms with van der Waals surface area (Å²) in [6.45, 7) is 4.18. The maximum Gasteiger partial charge on any atom is 0.284 e. The fourth-order valence-corrected chi connectivity index (χ4v) is 4.24. The van der Waals surface area contributed by atoms with Crippen LogP contribution >= 0.6 is 11.8 Å². The van der Waals surface area contributed by atoms with Crippen molar-refractivity contribution in [1.29, 1.82) is 0 Å². The van der Waals surface area contributed by atoms with Gasteiger partial charge in [0.2, 0.25) is 0 Å². The second-order valence-corrected chi connectivity index (χ2v) is 7.32. The molecule has 0 spiro atoms. The van der Waals surface area contributed by atoms with E-state index in [0.29, 0.717) is 13.1 Å². The van der Waals surface area contributed by atoms with Crippen molar-refractivity contribution in [2.45, 2.75) is 23.6 Å². The van der Waals surface area contributed by atoms with Crippen molar-refractivity contribution < 1.29 is 14.5 Å². The number of nitro benzene ring substituents is 1. The smallest absolute Gasteiger partial charge is 0.284 e. The number of hydrogen-bond donors (Lipinski definition) is 2. The van der Waals surface area contributed by atoms with Crippen LogP contribution in [0.2, 0.25) is 0 Å². The molecule has 2 amide bonds. The van der Waals surface area contributed by atoms with E-state index in [1.807, 2.05) is 24.3 Å². The van der Waals surface area contributed by atoms with Gasteiger partial charge >= 0.3 is 0 Å². The van der Waals surface area contributed by atoms with Crippen molar-refractivity contribution in [2.75, 3.05) is 13.1 Å². The first kappa shape index (κ1) is 21.3. The highest BCUT2D eigenvalue weighted by Gasteiger charge is 2.29. The lowest BCUT2D eigenvalue weighted by atomic mass is 10.0. The van der Waals surface area contributed by atoms with E-state index in [9.17, 15) is 19.7 Å². The minimum Gasteiger partial charge on any atom is -0.352 e. The maximum atomic E-state index is 12.9. The predicted octanol–water partition coefficient (Wildman–Crippen LogP) is 3.79. The van der Waals surface area contributed by atoms with Gasteiger partial charge in [-0.05, 0) is 37.4 Å². The Morgan fingerprint density at radius 1 is 1.07 bits per heavy atom. The zero-order chi connectivity index (χ0) is 21.7. The summed E-state index contributed by atoms with van der Waals surface area (Å²) in [4.78, 5) is 41.6. The van der Waals surface area contributed by atoms with E-state index in [0.717, 1.165) is 27.4 Å². The van der Waals surface area contributed by atoms with Gasteiger partial charge in [0.25, 0.3) is 17.5 Å². The highest BCUT2D eigenvalue weighted by molar-refractivity contribution is 7.99. The fourth-order valence-electron chi connectivity index (χ4n) is 3.03. The minimum atomic E-state index is -0.542. The monoisotopic (exact) mass is 424 g/mol. The first-order valence-electron chi connectivity index (χ1n) is 9.36. The van der Waals surface area contributed by atoms with E-state index in [-0.39, 0.29) is 21.7 Å². The van der Waals surface area contributed by atoms with Gasteiger partial charge in [0.15, 0.2) is 0 Å². The van der Waals surface area contributed by atoms with E-state index >= 15 is 0 Å². The lowest BCUT2D eigenvalue weighted by Crippen LogP contribution is -2.30. The Morgan fingerprint density at radius 3 is 2.50 bits per heavy atom. The second-order valence-electron chi connectivity index (χ2n) is 6.27. The molecule has 1 aromatic heterocycles. The number of amides is 2. The Hall–Kier alpha value is -3.46. The van der Waals surface area contributed by atoms with E-state index in [1.165, 1.54) is 12.1 Å². The Kier molecular flexibility index (Phi) is 6.63. The summed E-state index contributed by atoms with van der Waals surface area (Å²) >= 11 is 1.09. The topological polar surface area (TPSA) is 114 Å². The van der Waals surface area contributed by atoms with Crippen LogP contribution in [-0.4, -0.2) is 34.8 Å². The van der Waals surface area contributed by atoms with Crippen LogP contribution in [0.25, 0.3) is 10.8 Å². The average molecular weight is 424 g/mol. The molecule has 30 heavy (non-hydrogen) atoms. The maximum absolute atomic E-state index is 12.9. The summed E-state index contributed by atoms with van der Waals surface area (Å²) < 4.78 is 0. The largest absolute Gasteiger partial charge is 0.352 e. The molecule has 0 aliphatic heterocycles. The van der Waals surface area contributed by atoms with E-state index in [1.54, 1.807) is 26.2 Å². The molecule has 2 N–H and O–H groups in total. The summed E-state index contributed by atoms with van der Waals surface area (Å²) in [7, 11) is 0. The third kappa shape index (κ3) is 4.25. The Balaban J connectivity index is 2.26. The normalized spacial score (nSPS) is 10.6. The quantitative estimate of drug-likeness (QED) is 0.440. The molecule has 0 fully saturated rings. The molecule has 0 radical (unpaired) electrons. The number of pyridine rings is 1. The molecule has 8 nitrogen and oxygen atoms in total. The molecular weight excluding hydrogens is 404 g/mol. The number of benzene rings is 2. The molecule has 0 aliphatic rings. The number of carbonyl (C=O) groups excluding carboxylic acids is 2. The van der Waals surface area contributed by atoms with Gasteiger partial charge < -0.3 is 10.6 Å². The third-order valence-corrected chi connectivity index (χ3v) is 5.53. The number of carbonyl (C=O) groups is 2. The molecule has 0 saturated heterocycles. The zero-order valence-corrected chi connectivity index (χ0v) is 17.3. The second kappa shape index (κ2) is 9.36. The summed E-state index contributed by atoms with van der Waals surface area (Å²) in [6, 6.07) is 9.92. The van der Waals surface area contributed by atoms with Crippen molar-refractivity contribution in [2.24, 2.45) is 0 Å². The molecular formula is C21H20N4O4S. The predicted molar refractivity (Wildman–Crippen MR) is 115 cm³/mol. The third-order valence-electron chi connectivity index (χ3n) is 4.33. The zero-order valence-electron chi connectivity index (χ0n) is 16.5. The highest BCUT2D eigenvalue weighted by atomic mass is 32.2. The van der Waals surface area contributed by atoms with Crippen molar-refractivity contribution in [3.63, 3.8) is 0 Å². The molecule has 1 heterocycles. The van der Waals surface area contributed by atoms with Crippen LogP contribution in [0.3, 0.4) is 0 Å². The first-order chi connectivity index (χ1) is 14.5. The number of nitrogens with zero attached hydrogens (tertiary/aromatic N) is 2. The summed E-state index contributed by atoms with van der Waals surface area (Å²) in [6.07, 6.45) is 3.33. The van der Waals surface area contributed by atoms with Gasteiger partial charge in [0.05, 0.1) is 16.1 Å². The fraction of sp³-hybridized carbons (Fsp3) is 0.190. The van der Waals surface area contributed by atoms with Crippen LogP contribution < -0.4 is 10.6 Å². The highest BCUT2D eigenvalue weighted by Crippen LogP contribution is 2.41. The standard InChI is InChI=1S/C21H20N4O4S/c1-3-23-20(26)15-8-9-16(25(28)29)19(18(15)21(27)24-4-2)30-17-7-5-6-13-12-22-11-10-14(13)17/h5-12H,3-4H2,1-2H3,(H,23,26)(H,24,27). The molecule has 9 heteroatoms. The van der Waals surface area contributed by atoms with Gasteiger partial charge in [-0.3, -0.25) is 24.7 Å². The summed E-state index contributed by atoms with van der Waals surface area (Å²) in [5.41, 5.74) is -0.147. The molecule has 3 aromatic rings. The number of rotatable bonds is 7. The first-order valence-corrected chi connectivity index (χ1v) is 10.2. The van der Waals surface area contributed by atoms with Crippen molar-refractivity contribution in [3.05, 3.63) is 70.0 Å². The van der Waals surface area contributed by atoms with Crippen molar-refractivity contribution in [1.82, 2.24) is 15.6 Å². The number of nitrogens with one attached hydrogen (secondary N) is 2. The Bertz CT molecular complexity index is 1130. The Labute approximate surface area is 177 Å². The van der Waals surface area contributed by atoms with Crippen LogP contribution in [-0.2, 0) is 0 Å². The van der Waals surface area contributed by atoms with Crippen molar-refractivity contribution in [3.8, 4) is 0 Å². The average Bonchev–Trinajstić information content (AvgIpc) is 2.73. The SMILES string of the molecule is CCNC(=O)c1ccc([N+](=O)[O-])c(Sc2cccc3cnccc23)c1C(=O)NCC. The molecule has 0 saturated carbocycles. The van der Waals surface area contributed by atoms with E-state index in [2.05, 4.69) is 15.6 Å². The van der Waals surface area contributed by atoms with Gasteiger partial charge in [-0.2, -0.15) is 0 Å². The number of fused-ring (bicyclic) bond motifs is 1. The number of nitro groups is 1. The summed E-state index contributed by atoms with van der Waals surface area (Å²) in [5, 5.41) is 18.8. The molecule has 0 aliphatic carbocycles. The van der Waals surface area contributed by atoms with Gasteiger partial charge in [0.1, 0.15) is 4.90 Å². The molecule has 0 atom stereocenters.